The second-order valence-corrected chi connectivity index (χ2v) is 6.36. The molecule has 2 rings (SSSR count). The van der Waals surface area contributed by atoms with Gasteiger partial charge >= 0.3 is 0 Å². The van der Waals surface area contributed by atoms with Crippen LogP contribution < -0.4 is 25.3 Å². The largest absolute Gasteiger partial charge is 0.493 e. The van der Waals surface area contributed by atoms with Crippen molar-refractivity contribution < 1.29 is 14.2 Å². The smallest absolute Gasteiger partial charge is 0.188 e. The summed E-state index contributed by atoms with van der Waals surface area (Å²) < 4.78 is 16.3. The summed E-state index contributed by atoms with van der Waals surface area (Å²) >= 11 is 6.08. The second kappa shape index (κ2) is 12.6. The number of rotatable bonds is 9. The van der Waals surface area contributed by atoms with Crippen LogP contribution in [0.5, 0.6) is 17.2 Å². The second-order valence-electron chi connectivity index (χ2n) is 5.95. The molecule has 0 radical (unpaired) electrons. The average Bonchev–Trinajstić information content (AvgIpc) is 2.68. The third-order valence-corrected chi connectivity index (χ3v) is 4.16. The van der Waals surface area contributed by atoms with Crippen molar-refractivity contribution in [1.29, 1.82) is 0 Å². The number of nitrogens with two attached hydrogens (primary N) is 1. The van der Waals surface area contributed by atoms with Crippen LogP contribution in [0.1, 0.15) is 12.5 Å². The zero-order valence-corrected chi connectivity index (χ0v) is 19.4. The van der Waals surface area contributed by atoms with Gasteiger partial charge < -0.3 is 25.3 Å². The highest BCUT2D eigenvalue weighted by Gasteiger charge is 2.07. The Bertz CT molecular complexity index is 774. The van der Waals surface area contributed by atoms with E-state index in [1.807, 2.05) is 43.3 Å². The molecule has 2 aromatic carbocycles. The van der Waals surface area contributed by atoms with Crippen LogP contribution in [0.4, 0.5) is 0 Å². The third-order valence-electron chi connectivity index (χ3n) is 3.85. The first kappa shape index (κ1) is 24.2. The standard InChI is InChI=1S/C20H26ClN3O3.HI/c1-14(27-17-7-5-4-6-16(17)21)13-24-20(22)23-11-10-15-8-9-18(25-2)19(12-15)26-3;/h4-9,12,14H,10-11,13H2,1-3H3,(H3,22,23,24);1H. The molecular formula is C20H27ClIN3O3. The molecule has 154 valence electrons. The molecule has 0 spiro atoms. The summed E-state index contributed by atoms with van der Waals surface area (Å²) in [5, 5.41) is 3.68. The fraction of sp³-hybridized carbons (Fsp3) is 0.350. The van der Waals surface area contributed by atoms with Crippen LogP contribution in [-0.4, -0.2) is 39.4 Å². The number of nitrogens with zero attached hydrogens (tertiary/aromatic N) is 1. The van der Waals surface area contributed by atoms with Gasteiger partial charge in [-0.25, -0.2) is 4.99 Å². The molecule has 1 atom stereocenters. The first-order valence-corrected chi connectivity index (χ1v) is 9.07. The van der Waals surface area contributed by atoms with E-state index in [9.17, 15) is 0 Å². The molecule has 3 N–H and O–H groups in total. The number of nitrogens with one attached hydrogen (secondary N) is 1. The number of guanidine groups is 1. The van der Waals surface area contributed by atoms with E-state index in [1.165, 1.54) is 0 Å². The number of ether oxygens (including phenoxy) is 3. The first-order chi connectivity index (χ1) is 13.0. The zero-order valence-electron chi connectivity index (χ0n) is 16.3. The molecular weight excluding hydrogens is 493 g/mol. The molecule has 0 aliphatic heterocycles. The van der Waals surface area contributed by atoms with Crippen LogP contribution in [0.3, 0.4) is 0 Å². The van der Waals surface area contributed by atoms with Crippen LogP contribution in [0.25, 0.3) is 0 Å². The predicted molar refractivity (Wildman–Crippen MR) is 125 cm³/mol. The minimum absolute atomic E-state index is 0. The lowest BCUT2D eigenvalue weighted by molar-refractivity contribution is 0.230. The average molecular weight is 520 g/mol. The van der Waals surface area contributed by atoms with E-state index in [-0.39, 0.29) is 30.1 Å². The van der Waals surface area contributed by atoms with Gasteiger partial charge in [-0.2, -0.15) is 0 Å². The SMILES string of the molecule is COc1ccc(CCNC(N)=NCC(C)Oc2ccccc2Cl)cc1OC.I. The maximum absolute atomic E-state index is 6.08. The van der Waals surface area contributed by atoms with Crippen LogP contribution in [-0.2, 0) is 6.42 Å². The van der Waals surface area contributed by atoms with E-state index < -0.39 is 0 Å². The van der Waals surface area contributed by atoms with Crippen molar-refractivity contribution in [3.05, 3.63) is 53.1 Å². The van der Waals surface area contributed by atoms with Crippen LogP contribution in [0, 0.1) is 0 Å². The number of hydrogen-bond acceptors (Lipinski definition) is 4. The minimum Gasteiger partial charge on any atom is -0.493 e. The summed E-state index contributed by atoms with van der Waals surface area (Å²) in [5.74, 6) is 2.44. The molecule has 0 aliphatic rings. The van der Waals surface area contributed by atoms with Gasteiger partial charge in [0.05, 0.1) is 25.8 Å². The highest BCUT2D eigenvalue weighted by molar-refractivity contribution is 14.0. The van der Waals surface area contributed by atoms with Crippen LogP contribution >= 0.6 is 35.6 Å². The lowest BCUT2D eigenvalue weighted by Crippen LogP contribution is -2.34. The van der Waals surface area contributed by atoms with Gasteiger partial charge in [0, 0.05) is 6.54 Å². The zero-order chi connectivity index (χ0) is 19.6. The first-order valence-electron chi connectivity index (χ1n) is 8.69. The van der Waals surface area contributed by atoms with E-state index >= 15 is 0 Å². The molecule has 28 heavy (non-hydrogen) atoms. The molecule has 0 aromatic heterocycles. The number of para-hydroxylation sites is 1. The molecule has 8 heteroatoms. The molecule has 0 saturated heterocycles. The number of halogens is 2. The molecule has 1 unspecified atom stereocenters. The number of benzene rings is 2. The Morgan fingerprint density at radius 2 is 1.82 bits per heavy atom. The predicted octanol–water partition coefficient (Wildman–Crippen LogP) is 3.89. The monoisotopic (exact) mass is 519 g/mol. The molecule has 0 fully saturated rings. The van der Waals surface area contributed by atoms with E-state index in [4.69, 9.17) is 31.5 Å². The molecule has 0 amide bonds. The number of aliphatic imine (C=N–C) groups is 1. The summed E-state index contributed by atoms with van der Waals surface area (Å²) in [5.41, 5.74) is 7.04. The molecule has 0 saturated carbocycles. The van der Waals surface area contributed by atoms with Crippen molar-refractivity contribution in [1.82, 2.24) is 5.32 Å². The lowest BCUT2D eigenvalue weighted by Gasteiger charge is -2.14. The van der Waals surface area contributed by atoms with Crippen molar-refractivity contribution in [2.75, 3.05) is 27.3 Å². The minimum atomic E-state index is -0.143. The van der Waals surface area contributed by atoms with Gasteiger partial charge in [-0.1, -0.05) is 29.8 Å². The van der Waals surface area contributed by atoms with Crippen molar-refractivity contribution in [2.45, 2.75) is 19.4 Å². The van der Waals surface area contributed by atoms with E-state index in [2.05, 4.69) is 10.3 Å². The van der Waals surface area contributed by atoms with Gasteiger partial charge in [-0.05, 0) is 43.2 Å². The van der Waals surface area contributed by atoms with E-state index in [0.717, 1.165) is 12.0 Å². The van der Waals surface area contributed by atoms with Gasteiger partial charge in [-0.3, -0.25) is 0 Å². The quantitative estimate of drug-likeness (QED) is 0.299. The van der Waals surface area contributed by atoms with Crippen molar-refractivity contribution in [3.8, 4) is 17.2 Å². The van der Waals surface area contributed by atoms with Crippen LogP contribution in [0.15, 0.2) is 47.5 Å². The summed E-state index contributed by atoms with van der Waals surface area (Å²) in [6.07, 6.45) is 0.638. The molecule has 0 heterocycles. The Labute approximate surface area is 188 Å². The van der Waals surface area contributed by atoms with E-state index in [0.29, 0.717) is 41.3 Å². The normalized spacial score (nSPS) is 11.9. The topological polar surface area (TPSA) is 78.1 Å². The fourth-order valence-corrected chi connectivity index (χ4v) is 2.63. The summed E-state index contributed by atoms with van der Waals surface area (Å²) in [6.45, 7) is 3.01. The lowest BCUT2D eigenvalue weighted by atomic mass is 10.1. The molecule has 0 aliphatic carbocycles. The summed E-state index contributed by atoms with van der Waals surface area (Å²) in [4.78, 5) is 4.31. The Kier molecular flexibility index (Phi) is 10.8. The molecule has 2 aromatic rings. The van der Waals surface area contributed by atoms with Gasteiger partial charge in [0.15, 0.2) is 17.5 Å². The van der Waals surface area contributed by atoms with Crippen molar-refractivity contribution in [3.63, 3.8) is 0 Å². The number of hydrogen-bond donors (Lipinski definition) is 2. The highest BCUT2D eigenvalue weighted by Crippen LogP contribution is 2.27. The Hall–Kier alpha value is -1.87. The molecule has 6 nitrogen and oxygen atoms in total. The van der Waals surface area contributed by atoms with E-state index in [1.54, 1.807) is 20.3 Å². The van der Waals surface area contributed by atoms with Crippen molar-refractivity contribution in [2.24, 2.45) is 10.7 Å². The maximum Gasteiger partial charge on any atom is 0.188 e. The Morgan fingerprint density at radius 1 is 1.11 bits per heavy atom. The summed E-state index contributed by atoms with van der Waals surface area (Å²) in [6, 6.07) is 13.2. The maximum atomic E-state index is 6.08. The Morgan fingerprint density at radius 3 is 2.50 bits per heavy atom. The third kappa shape index (κ3) is 7.63. The summed E-state index contributed by atoms with van der Waals surface area (Å²) in [7, 11) is 3.24. The highest BCUT2D eigenvalue weighted by atomic mass is 127. The van der Waals surface area contributed by atoms with Gasteiger partial charge in [-0.15, -0.1) is 24.0 Å². The Balaban J connectivity index is 0.00000392. The van der Waals surface area contributed by atoms with Crippen LogP contribution in [0.2, 0.25) is 5.02 Å². The fourth-order valence-electron chi connectivity index (χ4n) is 2.45. The van der Waals surface area contributed by atoms with Gasteiger partial charge in [0.2, 0.25) is 0 Å². The van der Waals surface area contributed by atoms with Gasteiger partial charge in [0.25, 0.3) is 0 Å². The van der Waals surface area contributed by atoms with Gasteiger partial charge in [0.1, 0.15) is 11.9 Å². The number of methoxy groups -OCH3 is 2. The molecule has 0 bridgehead atoms. The van der Waals surface area contributed by atoms with Crippen molar-refractivity contribution >= 4 is 41.5 Å².